The van der Waals surface area contributed by atoms with E-state index in [2.05, 4.69) is 37.3 Å². The van der Waals surface area contributed by atoms with Crippen molar-refractivity contribution in [3.63, 3.8) is 0 Å². The van der Waals surface area contributed by atoms with Crippen molar-refractivity contribution in [2.75, 3.05) is 33.4 Å². The van der Waals surface area contributed by atoms with Crippen LogP contribution in [0.1, 0.15) is 26.7 Å². The number of rotatable bonds is 2. The molecule has 0 aromatic carbocycles. The van der Waals surface area contributed by atoms with Crippen molar-refractivity contribution >= 4 is 5.91 Å². The molecule has 0 radical (unpaired) electrons. The van der Waals surface area contributed by atoms with Gasteiger partial charge >= 0.3 is 0 Å². The van der Waals surface area contributed by atoms with E-state index in [1.54, 1.807) is 0 Å². The molecule has 0 saturated carbocycles. The first kappa shape index (κ1) is 13.6. The Balaban J connectivity index is 2.01. The van der Waals surface area contributed by atoms with Crippen molar-refractivity contribution in [2.24, 2.45) is 0 Å². The first-order valence-corrected chi connectivity index (χ1v) is 6.85. The lowest BCUT2D eigenvalue weighted by Gasteiger charge is -2.44. The van der Waals surface area contributed by atoms with Gasteiger partial charge < -0.3 is 9.80 Å². The molecule has 1 spiro atoms. The van der Waals surface area contributed by atoms with E-state index in [1.807, 2.05) is 4.90 Å². The van der Waals surface area contributed by atoms with Gasteiger partial charge in [-0.2, -0.15) is 0 Å². The number of nitrogens with zero attached hydrogens (tertiary/aromatic N) is 3. The lowest BCUT2D eigenvalue weighted by molar-refractivity contribution is -0.125. The minimum Gasteiger partial charge on any atom is -0.324 e. The van der Waals surface area contributed by atoms with E-state index in [1.165, 1.54) is 6.08 Å². The molecule has 4 heteroatoms. The fourth-order valence-corrected chi connectivity index (χ4v) is 3.21. The zero-order valence-corrected chi connectivity index (χ0v) is 11.9. The van der Waals surface area contributed by atoms with E-state index < -0.39 is 0 Å². The molecule has 0 bridgehead atoms. The Morgan fingerprint density at radius 1 is 1.33 bits per heavy atom. The molecule has 18 heavy (non-hydrogen) atoms. The Bertz CT molecular complexity index is 332. The van der Waals surface area contributed by atoms with Crippen LogP contribution in [0.3, 0.4) is 0 Å². The average Bonchev–Trinajstić information content (AvgIpc) is 2.67. The lowest BCUT2D eigenvalue weighted by Crippen LogP contribution is -2.53. The number of likely N-dealkylation sites (tertiary alicyclic amines) is 1. The predicted molar refractivity (Wildman–Crippen MR) is 73.2 cm³/mol. The molecule has 2 heterocycles. The highest BCUT2D eigenvalue weighted by molar-refractivity contribution is 5.87. The monoisotopic (exact) mass is 251 g/mol. The largest absolute Gasteiger partial charge is 0.324 e. The van der Waals surface area contributed by atoms with Crippen molar-refractivity contribution in [1.82, 2.24) is 14.7 Å². The highest BCUT2D eigenvalue weighted by atomic mass is 16.2. The van der Waals surface area contributed by atoms with E-state index in [-0.39, 0.29) is 11.4 Å². The predicted octanol–water partition coefficient (Wildman–Crippen LogP) is 1.15. The third-order valence-electron chi connectivity index (χ3n) is 4.62. The van der Waals surface area contributed by atoms with Crippen molar-refractivity contribution in [3.05, 3.63) is 12.7 Å². The number of hydrogen-bond donors (Lipinski definition) is 0. The molecule has 2 fully saturated rings. The highest BCUT2D eigenvalue weighted by Crippen LogP contribution is 2.34. The summed E-state index contributed by atoms with van der Waals surface area (Å²) < 4.78 is 0. The Morgan fingerprint density at radius 2 is 1.94 bits per heavy atom. The Morgan fingerprint density at radius 3 is 2.44 bits per heavy atom. The molecular formula is C14H25N3O. The first-order valence-electron chi connectivity index (χ1n) is 6.85. The second-order valence-corrected chi connectivity index (χ2v) is 5.93. The molecule has 0 N–H and O–H groups in total. The van der Waals surface area contributed by atoms with Gasteiger partial charge in [0.15, 0.2) is 0 Å². The average molecular weight is 251 g/mol. The van der Waals surface area contributed by atoms with Crippen molar-refractivity contribution in [3.8, 4) is 0 Å². The molecule has 102 valence electrons. The molecule has 1 amide bonds. The standard InChI is InChI=1S/C14H25N3O/c1-5-13(18)17-10-14(15(4)11-17)6-8-16(9-7-14)12(2)3/h5,12H,1,6-11H2,2-4H3. The van der Waals surface area contributed by atoms with Crippen LogP contribution in [0.2, 0.25) is 0 Å². The maximum atomic E-state index is 11.7. The minimum absolute atomic E-state index is 0.0602. The molecule has 2 aliphatic heterocycles. The number of hydrogen-bond acceptors (Lipinski definition) is 3. The van der Waals surface area contributed by atoms with Crippen molar-refractivity contribution < 1.29 is 4.79 Å². The van der Waals surface area contributed by atoms with Crippen LogP contribution in [0, 0.1) is 0 Å². The normalized spacial score (nSPS) is 25.0. The van der Waals surface area contributed by atoms with Gasteiger partial charge in [-0.05, 0) is 39.8 Å². The molecule has 2 rings (SSSR count). The smallest absolute Gasteiger partial charge is 0.247 e. The van der Waals surface area contributed by atoms with Gasteiger partial charge in [0.05, 0.1) is 6.67 Å². The zero-order valence-electron chi connectivity index (χ0n) is 11.9. The molecule has 0 atom stereocenters. The molecule has 2 aliphatic rings. The van der Waals surface area contributed by atoms with Gasteiger partial charge in [-0.25, -0.2) is 0 Å². The van der Waals surface area contributed by atoms with Crippen LogP contribution in [0.5, 0.6) is 0 Å². The molecule has 4 nitrogen and oxygen atoms in total. The minimum atomic E-state index is 0.0602. The van der Waals surface area contributed by atoms with E-state index >= 15 is 0 Å². The summed E-state index contributed by atoms with van der Waals surface area (Å²) >= 11 is 0. The molecular weight excluding hydrogens is 226 g/mol. The van der Waals surface area contributed by atoms with E-state index in [0.717, 1.165) is 39.1 Å². The van der Waals surface area contributed by atoms with Crippen molar-refractivity contribution in [2.45, 2.75) is 38.3 Å². The highest BCUT2D eigenvalue weighted by Gasteiger charge is 2.45. The molecule has 0 aliphatic carbocycles. The second-order valence-electron chi connectivity index (χ2n) is 5.93. The topological polar surface area (TPSA) is 26.8 Å². The third kappa shape index (κ3) is 2.31. The fourth-order valence-electron chi connectivity index (χ4n) is 3.21. The van der Waals surface area contributed by atoms with E-state index in [0.29, 0.717) is 6.04 Å². The SMILES string of the molecule is C=CC(=O)N1CN(C)C2(CCN(C(C)C)CC2)C1. The summed E-state index contributed by atoms with van der Waals surface area (Å²) in [4.78, 5) is 18.5. The van der Waals surface area contributed by atoms with Gasteiger partial charge in [0.2, 0.25) is 5.91 Å². The summed E-state index contributed by atoms with van der Waals surface area (Å²) in [7, 11) is 2.14. The van der Waals surface area contributed by atoms with Crippen LogP contribution >= 0.6 is 0 Å². The molecule has 0 aromatic heterocycles. The van der Waals surface area contributed by atoms with Gasteiger partial charge in [-0.15, -0.1) is 0 Å². The van der Waals surface area contributed by atoms with Gasteiger partial charge in [0.1, 0.15) is 0 Å². The molecule has 2 saturated heterocycles. The molecule has 0 aromatic rings. The van der Waals surface area contributed by atoms with Crippen LogP contribution in [-0.4, -0.2) is 65.5 Å². The van der Waals surface area contributed by atoms with Crippen LogP contribution in [0.4, 0.5) is 0 Å². The summed E-state index contributed by atoms with van der Waals surface area (Å²) in [6.45, 7) is 12.0. The summed E-state index contributed by atoms with van der Waals surface area (Å²) in [5.41, 5.74) is 0.198. The Kier molecular flexibility index (Phi) is 3.78. The summed E-state index contributed by atoms with van der Waals surface area (Å²) in [5, 5.41) is 0. The number of carbonyl (C=O) groups excluding carboxylic acids is 1. The van der Waals surface area contributed by atoms with Crippen LogP contribution in [0.25, 0.3) is 0 Å². The Hall–Kier alpha value is -0.870. The lowest BCUT2D eigenvalue weighted by atomic mass is 9.86. The summed E-state index contributed by atoms with van der Waals surface area (Å²) in [5.74, 6) is 0.0602. The van der Waals surface area contributed by atoms with Crippen molar-refractivity contribution in [1.29, 1.82) is 0 Å². The number of likely N-dealkylation sites (N-methyl/N-ethyl adjacent to an activating group) is 1. The third-order valence-corrected chi connectivity index (χ3v) is 4.62. The molecule has 0 unspecified atom stereocenters. The van der Waals surface area contributed by atoms with E-state index in [4.69, 9.17) is 0 Å². The summed E-state index contributed by atoms with van der Waals surface area (Å²) in [6, 6.07) is 0.625. The van der Waals surface area contributed by atoms with Crippen LogP contribution in [-0.2, 0) is 4.79 Å². The zero-order chi connectivity index (χ0) is 13.3. The quantitative estimate of drug-likeness (QED) is 0.689. The van der Waals surface area contributed by atoms with E-state index in [9.17, 15) is 4.79 Å². The Labute approximate surface area is 110 Å². The second kappa shape index (κ2) is 5.02. The van der Waals surface area contributed by atoms with Gasteiger partial charge in [-0.3, -0.25) is 9.69 Å². The number of carbonyl (C=O) groups is 1. The summed E-state index contributed by atoms with van der Waals surface area (Å²) in [6.07, 6.45) is 3.74. The first-order chi connectivity index (χ1) is 8.48. The van der Waals surface area contributed by atoms with Gasteiger partial charge in [0.25, 0.3) is 0 Å². The number of amides is 1. The maximum Gasteiger partial charge on any atom is 0.247 e. The van der Waals surface area contributed by atoms with Crippen LogP contribution in [0.15, 0.2) is 12.7 Å². The maximum absolute atomic E-state index is 11.7. The van der Waals surface area contributed by atoms with Crippen LogP contribution < -0.4 is 0 Å². The van der Waals surface area contributed by atoms with Gasteiger partial charge in [0, 0.05) is 31.2 Å². The fraction of sp³-hybridized carbons (Fsp3) is 0.786. The number of piperidine rings is 1. The van der Waals surface area contributed by atoms with Gasteiger partial charge in [-0.1, -0.05) is 6.58 Å².